The van der Waals surface area contributed by atoms with Crippen LogP contribution in [-0.2, 0) is 4.79 Å². The Bertz CT molecular complexity index is 725. The van der Waals surface area contributed by atoms with Crippen LogP contribution in [-0.4, -0.2) is 16.7 Å². The molecule has 0 aliphatic heterocycles. The Morgan fingerprint density at radius 1 is 1.17 bits per heavy atom. The third-order valence-electron chi connectivity index (χ3n) is 4.21. The maximum atomic E-state index is 12.2. The molecule has 0 heterocycles. The Morgan fingerprint density at radius 3 is 2.57 bits per heavy atom. The summed E-state index contributed by atoms with van der Waals surface area (Å²) in [6.07, 6.45) is 1.49. The van der Waals surface area contributed by atoms with Gasteiger partial charge in [0, 0.05) is 11.5 Å². The average Bonchev–Trinajstić information content (AvgIpc) is 3.38. The van der Waals surface area contributed by atoms with Gasteiger partial charge in [-0.2, -0.15) is 5.10 Å². The van der Waals surface area contributed by atoms with Gasteiger partial charge in [0.2, 0.25) is 5.91 Å². The van der Waals surface area contributed by atoms with E-state index in [-0.39, 0.29) is 17.6 Å². The molecule has 0 unspecified atom stereocenters. The van der Waals surface area contributed by atoms with Crippen molar-refractivity contribution in [1.29, 1.82) is 0 Å². The van der Waals surface area contributed by atoms with E-state index >= 15 is 0 Å². The molecule has 3 rings (SSSR count). The zero-order chi connectivity index (χ0) is 16.2. The number of carbonyl (C=O) groups is 1. The number of hydrogen-bond donors (Lipinski definition) is 2. The number of amides is 1. The first-order chi connectivity index (χ1) is 11.2. The zero-order valence-electron chi connectivity index (χ0n) is 13.1. The largest absolute Gasteiger partial charge is 0.507 e. The molecule has 4 heteroatoms. The number of aromatic hydroxyl groups is 1. The number of para-hydroxylation sites is 1. The second-order valence-corrected chi connectivity index (χ2v) is 5.76. The Hall–Kier alpha value is -2.62. The third kappa shape index (κ3) is 3.42. The van der Waals surface area contributed by atoms with E-state index in [9.17, 15) is 9.90 Å². The summed E-state index contributed by atoms with van der Waals surface area (Å²) in [6, 6.07) is 17.1. The first kappa shape index (κ1) is 15.3. The molecule has 1 saturated carbocycles. The summed E-state index contributed by atoms with van der Waals surface area (Å²) < 4.78 is 0. The van der Waals surface area contributed by atoms with E-state index in [0.717, 1.165) is 6.42 Å². The van der Waals surface area contributed by atoms with Gasteiger partial charge in [-0.05, 0) is 36.5 Å². The van der Waals surface area contributed by atoms with E-state index in [1.54, 1.807) is 18.2 Å². The smallest absolute Gasteiger partial charge is 0.243 e. The first-order valence-corrected chi connectivity index (χ1v) is 7.90. The molecule has 0 aromatic heterocycles. The molecule has 2 aromatic rings. The lowest BCUT2D eigenvalue weighted by Gasteiger charge is -2.07. The molecule has 118 valence electrons. The standard InChI is InChI=1S/C19H20N2O2/c1-2-17(14-10-6-7-11-18(14)22)20-21-19(23)16-12-15(16)13-8-4-3-5-9-13/h3-11,15-16,22H,2,12H2,1H3,(H,21,23)/b20-17-/t15-,16-/m1/s1. The third-order valence-corrected chi connectivity index (χ3v) is 4.21. The summed E-state index contributed by atoms with van der Waals surface area (Å²) in [6.45, 7) is 1.95. The Balaban J connectivity index is 1.65. The van der Waals surface area contributed by atoms with Crippen LogP contribution in [0.25, 0.3) is 0 Å². The minimum atomic E-state index is -0.0553. The number of benzene rings is 2. The Kier molecular flexibility index (Phi) is 4.42. The number of nitrogens with zero attached hydrogens (tertiary/aromatic N) is 1. The minimum absolute atomic E-state index is 0.0105. The molecule has 0 spiro atoms. The van der Waals surface area contributed by atoms with E-state index in [0.29, 0.717) is 23.6 Å². The molecule has 2 atom stereocenters. The van der Waals surface area contributed by atoms with Crippen LogP contribution in [0, 0.1) is 5.92 Å². The predicted octanol–water partition coefficient (Wildman–Crippen LogP) is 3.43. The highest BCUT2D eigenvalue weighted by Gasteiger charge is 2.43. The number of hydrazone groups is 1. The van der Waals surface area contributed by atoms with E-state index in [1.807, 2.05) is 31.2 Å². The highest BCUT2D eigenvalue weighted by Crippen LogP contribution is 2.47. The Morgan fingerprint density at radius 2 is 1.87 bits per heavy atom. The van der Waals surface area contributed by atoms with E-state index in [1.165, 1.54) is 5.56 Å². The van der Waals surface area contributed by atoms with Crippen molar-refractivity contribution in [3.05, 3.63) is 65.7 Å². The SMILES string of the molecule is CC/C(=N/NC(=O)[C@@H]1C[C@@H]1c1ccccc1)c1ccccc1O. The van der Waals surface area contributed by atoms with Crippen molar-refractivity contribution in [3.63, 3.8) is 0 Å². The van der Waals surface area contributed by atoms with Gasteiger partial charge in [0.05, 0.1) is 5.71 Å². The monoisotopic (exact) mass is 308 g/mol. The maximum absolute atomic E-state index is 12.2. The molecule has 1 aliphatic rings. The van der Waals surface area contributed by atoms with Crippen molar-refractivity contribution in [3.8, 4) is 5.75 Å². The fourth-order valence-corrected chi connectivity index (χ4v) is 2.81. The fraction of sp³-hybridized carbons (Fsp3) is 0.263. The highest BCUT2D eigenvalue weighted by atomic mass is 16.3. The summed E-state index contributed by atoms with van der Waals surface area (Å²) in [7, 11) is 0. The molecule has 0 bridgehead atoms. The lowest BCUT2D eigenvalue weighted by Crippen LogP contribution is -2.22. The van der Waals surface area contributed by atoms with E-state index < -0.39 is 0 Å². The minimum Gasteiger partial charge on any atom is -0.507 e. The van der Waals surface area contributed by atoms with Crippen molar-refractivity contribution in [1.82, 2.24) is 5.43 Å². The van der Waals surface area contributed by atoms with E-state index in [4.69, 9.17) is 0 Å². The summed E-state index contributed by atoms with van der Waals surface area (Å²) in [5.41, 5.74) is 5.19. The van der Waals surface area contributed by atoms with Gasteiger partial charge in [-0.3, -0.25) is 4.79 Å². The van der Waals surface area contributed by atoms with Crippen LogP contribution in [0.15, 0.2) is 59.7 Å². The second-order valence-electron chi connectivity index (χ2n) is 5.76. The predicted molar refractivity (Wildman–Crippen MR) is 90.4 cm³/mol. The summed E-state index contributed by atoms with van der Waals surface area (Å²) in [5.74, 6) is 0.404. The topological polar surface area (TPSA) is 61.7 Å². The molecular weight excluding hydrogens is 288 g/mol. The average molecular weight is 308 g/mol. The van der Waals surface area contributed by atoms with Crippen LogP contribution in [0.2, 0.25) is 0 Å². The summed E-state index contributed by atoms with van der Waals surface area (Å²) >= 11 is 0. The Labute approximate surface area is 135 Å². The quantitative estimate of drug-likeness (QED) is 0.656. The molecule has 4 nitrogen and oxygen atoms in total. The molecule has 2 N–H and O–H groups in total. The highest BCUT2D eigenvalue weighted by molar-refractivity contribution is 6.03. The van der Waals surface area contributed by atoms with Crippen LogP contribution in [0.3, 0.4) is 0 Å². The van der Waals surface area contributed by atoms with Gasteiger partial charge in [-0.15, -0.1) is 0 Å². The van der Waals surface area contributed by atoms with Gasteiger partial charge in [0.25, 0.3) is 0 Å². The van der Waals surface area contributed by atoms with Gasteiger partial charge in [0.1, 0.15) is 5.75 Å². The molecule has 1 aliphatic carbocycles. The normalized spacial score (nSPS) is 20.1. The van der Waals surface area contributed by atoms with Gasteiger partial charge in [-0.1, -0.05) is 49.4 Å². The number of carbonyl (C=O) groups excluding carboxylic acids is 1. The first-order valence-electron chi connectivity index (χ1n) is 7.90. The fourth-order valence-electron chi connectivity index (χ4n) is 2.81. The molecule has 0 radical (unpaired) electrons. The molecule has 2 aromatic carbocycles. The van der Waals surface area contributed by atoms with Crippen LogP contribution in [0.4, 0.5) is 0 Å². The molecular formula is C19H20N2O2. The van der Waals surface area contributed by atoms with Crippen LogP contribution in [0.1, 0.15) is 36.8 Å². The van der Waals surface area contributed by atoms with Crippen molar-refractivity contribution in [2.75, 3.05) is 0 Å². The lowest BCUT2D eigenvalue weighted by atomic mass is 10.1. The summed E-state index contributed by atoms with van der Waals surface area (Å²) in [4.78, 5) is 12.2. The summed E-state index contributed by atoms with van der Waals surface area (Å²) in [5, 5.41) is 14.1. The van der Waals surface area contributed by atoms with Crippen molar-refractivity contribution in [2.45, 2.75) is 25.7 Å². The number of rotatable bonds is 5. The zero-order valence-corrected chi connectivity index (χ0v) is 13.1. The van der Waals surface area contributed by atoms with Gasteiger partial charge < -0.3 is 5.11 Å². The number of phenolic OH excluding ortho intramolecular Hbond substituents is 1. The lowest BCUT2D eigenvalue weighted by molar-refractivity contribution is -0.122. The van der Waals surface area contributed by atoms with Crippen LogP contribution in [0.5, 0.6) is 5.75 Å². The van der Waals surface area contributed by atoms with Gasteiger partial charge >= 0.3 is 0 Å². The number of phenols is 1. The van der Waals surface area contributed by atoms with Gasteiger partial charge in [0.15, 0.2) is 0 Å². The number of nitrogens with one attached hydrogen (secondary N) is 1. The molecule has 0 saturated heterocycles. The molecule has 23 heavy (non-hydrogen) atoms. The van der Waals surface area contributed by atoms with Crippen LogP contribution < -0.4 is 5.43 Å². The van der Waals surface area contributed by atoms with E-state index in [2.05, 4.69) is 22.7 Å². The van der Waals surface area contributed by atoms with Crippen molar-refractivity contribution in [2.24, 2.45) is 11.0 Å². The van der Waals surface area contributed by atoms with Crippen LogP contribution >= 0.6 is 0 Å². The molecule has 1 fully saturated rings. The van der Waals surface area contributed by atoms with Gasteiger partial charge in [-0.25, -0.2) is 5.43 Å². The van der Waals surface area contributed by atoms with Crippen molar-refractivity contribution < 1.29 is 9.90 Å². The number of hydrogen-bond acceptors (Lipinski definition) is 3. The second kappa shape index (κ2) is 6.65. The molecule has 1 amide bonds. The maximum Gasteiger partial charge on any atom is 0.243 e. The van der Waals surface area contributed by atoms with Crippen molar-refractivity contribution >= 4 is 11.6 Å².